The lowest BCUT2D eigenvalue weighted by atomic mass is 10.0. The molecule has 1 fully saturated rings. The Morgan fingerprint density at radius 2 is 1.86 bits per heavy atom. The van der Waals surface area contributed by atoms with Gasteiger partial charge in [-0.25, -0.2) is 9.48 Å². The van der Waals surface area contributed by atoms with Crippen molar-refractivity contribution in [1.29, 1.82) is 0 Å². The lowest BCUT2D eigenvalue weighted by molar-refractivity contribution is -0.153. The van der Waals surface area contributed by atoms with Gasteiger partial charge >= 0.3 is 5.97 Å². The molecule has 0 aliphatic carbocycles. The van der Waals surface area contributed by atoms with Crippen LogP contribution in [0.15, 0.2) is 89.7 Å². The minimum absolute atomic E-state index is 0.262. The summed E-state index contributed by atoms with van der Waals surface area (Å²) in [6, 6.07) is 18.5. The number of hydrogen-bond donors (Lipinski definition) is 1. The number of tetrazole rings is 1. The van der Waals surface area contributed by atoms with Crippen LogP contribution in [-0.2, 0) is 20.9 Å². The van der Waals surface area contributed by atoms with Gasteiger partial charge in [-0.2, -0.15) is 0 Å². The molecule has 0 spiro atoms. The zero-order valence-electron chi connectivity index (χ0n) is 19.3. The average molecular weight is 521 g/mol. The number of amides is 1. The van der Waals surface area contributed by atoms with E-state index < -0.39 is 18.1 Å². The summed E-state index contributed by atoms with van der Waals surface area (Å²) in [4.78, 5) is 28.0. The summed E-state index contributed by atoms with van der Waals surface area (Å²) in [6.07, 6.45) is 1.08. The summed E-state index contributed by atoms with van der Waals surface area (Å²) >= 11 is 2.94. The molecular weight excluding hydrogens is 496 g/mol. The molecular formula is C25H24N6O3S2. The van der Waals surface area contributed by atoms with E-state index in [1.54, 1.807) is 22.5 Å². The van der Waals surface area contributed by atoms with Crippen LogP contribution in [-0.4, -0.2) is 59.9 Å². The van der Waals surface area contributed by atoms with Crippen LogP contribution in [0.2, 0.25) is 0 Å². The van der Waals surface area contributed by atoms with E-state index in [2.05, 4.69) is 22.1 Å². The van der Waals surface area contributed by atoms with Crippen LogP contribution in [0.3, 0.4) is 0 Å². The number of esters is 1. The first kappa shape index (κ1) is 24.3. The van der Waals surface area contributed by atoms with Crippen molar-refractivity contribution >= 4 is 35.4 Å². The maximum Gasteiger partial charge on any atom is 0.356 e. The van der Waals surface area contributed by atoms with E-state index in [1.807, 2.05) is 60.7 Å². The molecule has 2 aromatic carbocycles. The lowest BCUT2D eigenvalue weighted by Gasteiger charge is -2.48. The Kier molecular flexibility index (Phi) is 7.21. The van der Waals surface area contributed by atoms with Crippen molar-refractivity contribution in [1.82, 2.24) is 25.1 Å². The fourth-order valence-corrected chi connectivity index (χ4v) is 6.43. The number of fused-ring (bicyclic) bond motifs is 1. The van der Waals surface area contributed by atoms with E-state index in [0.29, 0.717) is 23.2 Å². The second-order valence-electron chi connectivity index (χ2n) is 8.22. The highest BCUT2D eigenvalue weighted by Crippen LogP contribution is 2.42. The Morgan fingerprint density at radius 1 is 1.19 bits per heavy atom. The van der Waals surface area contributed by atoms with E-state index in [0.717, 1.165) is 16.7 Å². The molecule has 1 saturated heterocycles. The molecule has 184 valence electrons. The summed E-state index contributed by atoms with van der Waals surface area (Å²) < 4.78 is 7.74. The normalized spacial score (nSPS) is 19.2. The lowest BCUT2D eigenvalue weighted by Crippen LogP contribution is -2.68. The Morgan fingerprint density at radius 3 is 2.50 bits per heavy atom. The van der Waals surface area contributed by atoms with Crippen LogP contribution < -0.4 is 5.73 Å². The van der Waals surface area contributed by atoms with Crippen LogP contribution in [0, 0.1) is 0 Å². The van der Waals surface area contributed by atoms with E-state index >= 15 is 0 Å². The van der Waals surface area contributed by atoms with Crippen molar-refractivity contribution in [2.45, 2.75) is 29.2 Å². The smallest absolute Gasteiger partial charge is 0.356 e. The number of rotatable bonds is 9. The minimum atomic E-state index is -0.633. The first-order chi connectivity index (χ1) is 17.6. The van der Waals surface area contributed by atoms with Crippen LogP contribution in [0.5, 0.6) is 0 Å². The van der Waals surface area contributed by atoms with Gasteiger partial charge in [0.2, 0.25) is 11.1 Å². The van der Waals surface area contributed by atoms with Gasteiger partial charge in [-0.05, 0) is 27.1 Å². The summed E-state index contributed by atoms with van der Waals surface area (Å²) in [6.45, 7) is 4.19. The van der Waals surface area contributed by atoms with Crippen LogP contribution in [0.4, 0.5) is 0 Å². The maximum atomic E-state index is 13.7. The molecule has 1 unspecified atom stereocenters. The van der Waals surface area contributed by atoms with Crippen molar-refractivity contribution in [2.24, 2.45) is 5.73 Å². The van der Waals surface area contributed by atoms with Gasteiger partial charge in [-0.15, -0.1) is 23.4 Å². The van der Waals surface area contributed by atoms with Crippen molar-refractivity contribution in [3.05, 3.63) is 95.7 Å². The molecule has 0 bridgehead atoms. The highest BCUT2D eigenvalue weighted by molar-refractivity contribution is 8.01. The summed E-state index contributed by atoms with van der Waals surface area (Å²) in [5.41, 5.74) is 8.76. The number of aromatic nitrogens is 4. The number of hydrogen-bond acceptors (Lipinski definition) is 9. The fourth-order valence-electron chi connectivity index (χ4n) is 4.11. The molecule has 3 aromatic rings. The third-order valence-corrected chi connectivity index (χ3v) is 8.29. The Hall–Kier alpha value is -3.41. The largest absolute Gasteiger partial charge is 0.448 e. The molecule has 36 heavy (non-hydrogen) atoms. The number of allylic oxidation sites excluding steroid dienone is 1. The maximum absolute atomic E-state index is 13.7. The van der Waals surface area contributed by atoms with Gasteiger partial charge in [0, 0.05) is 11.5 Å². The Balaban J connectivity index is 1.46. The highest BCUT2D eigenvalue weighted by Gasteiger charge is 2.52. The number of benzene rings is 2. The van der Waals surface area contributed by atoms with Gasteiger partial charge in [0.25, 0.3) is 0 Å². The number of thioether (sulfide) groups is 2. The molecule has 2 aliphatic heterocycles. The topological polar surface area (TPSA) is 116 Å². The van der Waals surface area contributed by atoms with Gasteiger partial charge in [0.05, 0.1) is 6.54 Å². The molecule has 0 saturated carbocycles. The standard InChI is InChI=1S/C25H24N6O3S2/c1-2-13-30-25(27-28-29-30)36-15-18-14-35-23-19(26)22(32)31(23)20(18)24(33)34-21(16-9-5-3-6-10-16)17-11-7-4-8-12-17/h2-12,19,21,23H,1,13-15,26H2/t19?,23-/m1/s1. The SMILES string of the molecule is C=CCn1nnnc1SCC1=C(C(=O)OC(c2ccccc2)c2ccccc2)N2C(=O)C(N)[C@H]2SC1. The van der Waals surface area contributed by atoms with E-state index in [4.69, 9.17) is 10.5 Å². The van der Waals surface area contributed by atoms with Crippen LogP contribution >= 0.6 is 23.5 Å². The van der Waals surface area contributed by atoms with Gasteiger partial charge in [0.1, 0.15) is 17.1 Å². The predicted molar refractivity (Wildman–Crippen MR) is 138 cm³/mol. The van der Waals surface area contributed by atoms with Gasteiger partial charge in [-0.1, -0.05) is 78.5 Å². The monoisotopic (exact) mass is 520 g/mol. The van der Waals surface area contributed by atoms with E-state index in [9.17, 15) is 9.59 Å². The second-order valence-corrected chi connectivity index (χ2v) is 10.3. The molecule has 1 amide bonds. The zero-order chi connectivity index (χ0) is 25.1. The molecule has 2 N–H and O–H groups in total. The van der Waals surface area contributed by atoms with Gasteiger partial charge in [-0.3, -0.25) is 9.69 Å². The van der Waals surface area contributed by atoms with Gasteiger partial charge in [0.15, 0.2) is 6.10 Å². The highest BCUT2D eigenvalue weighted by atomic mass is 32.2. The number of β-lactam (4-membered cyclic amide) rings is 1. The first-order valence-corrected chi connectivity index (χ1v) is 13.3. The molecule has 11 heteroatoms. The van der Waals surface area contributed by atoms with Gasteiger partial charge < -0.3 is 10.5 Å². The van der Waals surface area contributed by atoms with Crippen LogP contribution in [0.1, 0.15) is 17.2 Å². The number of nitrogens with zero attached hydrogens (tertiary/aromatic N) is 5. The van der Waals surface area contributed by atoms with E-state index in [1.165, 1.54) is 16.7 Å². The van der Waals surface area contributed by atoms with Crippen molar-refractivity contribution in [3.63, 3.8) is 0 Å². The Labute approximate surface area is 216 Å². The number of ether oxygens (including phenoxy) is 1. The first-order valence-electron chi connectivity index (χ1n) is 11.3. The third kappa shape index (κ3) is 4.69. The van der Waals surface area contributed by atoms with Crippen molar-refractivity contribution < 1.29 is 14.3 Å². The molecule has 9 nitrogen and oxygen atoms in total. The van der Waals surface area contributed by atoms with Crippen molar-refractivity contribution in [2.75, 3.05) is 11.5 Å². The second kappa shape index (κ2) is 10.7. The molecule has 1 aromatic heterocycles. The molecule has 5 rings (SSSR count). The average Bonchev–Trinajstić information content (AvgIpc) is 3.37. The van der Waals surface area contributed by atoms with Crippen LogP contribution in [0.25, 0.3) is 0 Å². The van der Waals surface area contributed by atoms with Crippen molar-refractivity contribution in [3.8, 4) is 0 Å². The fraction of sp³-hybridized carbons (Fsp3) is 0.240. The number of carbonyl (C=O) groups excluding carboxylic acids is 2. The molecule has 0 radical (unpaired) electrons. The summed E-state index contributed by atoms with van der Waals surface area (Å²) in [7, 11) is 0. The quantitative estimate of drug-likeness (QED) is 0.197. The predicted octanol–water partition coefficient (Wildman–Crippen LogP) is 2.78. The number of carbonyl (C=O) groups is 2. The molecule has 2 aliphatic rings. The summed E-state index contributed by atoms with van der Waals surface area (Å²) in [5, 5.41) is 12.1. The molecule has 2 atom stereocenters. The third-order valence-electron chi connectivity index (χ3n) is 5.89. The molecule has 3 heterocycles. The number of nitrogens with two attached hydrogens (primary N) is 1. The summed E-state index contributed by atoms with van der Waals surface area (Å²) in [5.74, 6) is 0.125. The minimum Gasteiger partial charge on any atom is -0.448 e. The zero-order valence-corrected chi connectivity index (χ0v) is 20.9. The Bertz CT molecular complexity index is 1260. The van der Waals surface area contributed by atoms with E-state index in [-0.39, 0.29) is 17.0 Å².